The monoisotopic (exact) mass is 358 g/mol. The molecule has 0 atom stereocenters. The number of ketones is 2. The van der Waals surface area contributed by atoms with Gasteiger partial charge in [0.2, 0.25) is 0 Å². The van der Waals surface area contributed by atoms with Gasteiger partial charge in [-0.2, -0.15) is 0 Å². The summed E-state index contributed by atoms with van der Waals surface area (Å²) in [6.07, 6.45) is -0.207. The Kier molecular flexibility index (Phi) is 20.7. The van der Waals surface area contributed by atoms with E-state index in [1.165, 1.54) is 13.8 Å². The first-order valence-electron chi connectivity index (χ1n) is 6.28. The maximum absolute atomic E-state index is 10.4. The molecule has 0 aliphatic heterocycles. The topological polar surface area (TPSA) is 144 Å². The van der Waals surface area contributed by atoms with Crippen LogP contribution in [0.1, 0.15) is 40.5 Å². The van der Waals surface area contributed by atoms with Crippen molar-refractivity contribution in [1.29, 1.82) is 0 Å². The van der Waals surface area contributed by atoms with Crippen LogP contribution in [0.4, 0.5) is 0 Å². The molecule has 22 heavy (non-hydrogen) atoms. The minimum absolute atomic E-state index is 0.103. The summed E-state index contributed by atoms with van der Waals surface area (Å²) in [4.78, 5) is 41.3. The van der Waals surface area contributed by atoms with E-state index in [0.717, 1.165) is 0 Å². The normalized spacial score (nSPS) is 8.27. The molecule has 0 radical (unpaired) electrons. The second-order valence-corrected chi connectivity index (χ2v) is 4.53. The molecule has 0 rings (SSSR count). The van der Waals surface area contributed by atoms with Gasteiger partial charge in [0.05, 0.1) is 13.2 Å². The van der Waals surface area contributed by atoms with Crippen molar-refractivity contribution in [1.82, 2.24) is 0 Å². The standard InChI is InChI=1S/2C6H10O3.2H2O.O.Ti/c2*1-3-9-6(8)4-5(2)7;;;;/h2*3-4H2,1-2H3;2*1H2;;/q;;;;;+2/p-2. The van der Waals surface area contributed by atoms with Crippen molar-refractivity contribution >= 4 is 23.5 Å². The fourth-order valence-corrected chi connectivity index (χ4v) is 0.831. The van der Waals surface area contributed by atoms with Crippen LogP contribution in [0.3, 0.4) is 0 Å². The van der Waals surface area contributed by atoms with Crippen molar-refractivity contribution in [2.75, 3.05) is 13.2 Å². The molecule has 0 saturated carbocycles. The van der Waals surface area contributed by atoms with Gasteiger partial charge in [0.15, 0.2) is 0 Å². The van der Waals surface area contributed by atoms with Crippen molar-refractivity contribution in [2.24, 2.45) is 0 Å². The summed E-state index contributed by atoms with van der Waals surface area (Å²) in [5.74, 6) is -1.20. The van der Waals surface area contributed by atoms with E-state index in [-0.39, 0.29) is 24.4 Å². The fourth-order valence-electron chi connectivity index (χ4n) is 0.831. The van der Waals surface area contributed by atoms with Gasteiger partial charge in [-0.05, 0) is 27.7 Å². The van der Waals surface area contributed by atoms with E-state index in [0.29, 0.717) is 13.2 Å². The Hall–Kier alpha value is -1.29. The van der Waals surface area contributed by atoms with Gasteiger partial charge in [0.25, 0.3) is 0 Å². The van der Waals surface area contributed by atoms with Crippen LogP contribution in [0, 0.1) is 0 Å². The summed E-state index contributed by atoms with van der Waals surface area (Å²) in [5.41, 5.74) is 0. The number of hydrogen-bond donors (Lipinski definition) is 2. The zero-order valence-corrected chi connectivity index (χ0v) is 14.6. The Morgan fingerprint density at radius 2 is 1.05 bits per heavy atom. The van der Waals surface area contributed by atoms with Crippen LogP contribution < -0.4 is 0 Å². The summed E-state index contributed by atoms with van der Waals surface area (Å²) < 4.78 is 32.2. The first-order chi connectivity index (χ1) is 10.1. The first kappa shape index (κ1) is 25.7. The zero-order chi connectivity index (χ0) is 18.1. The van der Waals surface area contributed by atoms with Gasteiger partial charge in [-0.1, -0.05) is 0 Å². The molecule has 0 fully saturated rings. The zero-order valence-electron chi connectivity index (χ0n) is 13.1. The second kappa shape index (κ2) is 17.8. The second-order valence-electron chi connectivity index (χ2n) is 3.65. The molecule has 0 aromatic heterocycles. The van der Waals surface area contributed by atoms with Crippen LogP contribution in [0.25, 0.3) is 0 Å². The third-order valence-electron chi connectivity index (χ3n) is 1.40. The Morgan fingerprint density at radius 1 is 0.818 bits per heavy atom. The molecule has 0 spiro atoms. The van der Waals surface area contributed by atoms with Crippen molar-refractivity contribution in [2.45, 2.75) is 40.5 Å². The third kappa shape index (κ3) is 36.3. The van der Waals surface area contributed by atoms with E-state index >= 15 is 0 Å². The molecule has 0 unspecified atom stereocenters. The number of ether oxygens (including phenoxy) is 2. The van der Waals surface area contributed by atoms with E-state index in [4.69, 9.17) is 10.7 Å². The molecule has 0 aliphatic carbocycles. The molecule has 0 aliphatic rings. The molecular weight excluding hydrogens is 336 g/mol. The Balaban J connectivity index is -0.000000266. The molecular formula is C12H22O9Ti. The number of hydrogen-bond acceptors (Lipinski definition) is 7. The van der Waals surface area contributed by atoms with Crippen LogP contribution in [0.2, 0.25) is 0 Å². The molecule has 10 heteroatoms. The molecule has 2 N–H and O–H groups in total. The predicted octanol–water partition coefficient (Wildman–Crippen LogP) is -0.178. The number of carbonyl (C=O) groups excluding carboxylic acids is 4. The predicted molar refractivity (Wildman–Crippen MR) is 69.0 cm³/mol. The molecule has 0 aromatic carbocycles. The van der Waals surface area contributed by atoms with Crippen LogP contribution in [-0.2, 0) is 50.6 Å². The van der Waals surface area contributed by atoms with Crippen LogP contribution in [-0.4, -0.2) is 44.1 Å². The van der Waals surface area contributed by atoms with Crippen molar-refractivity contribution in [3.63, 3.8) is 0 Å². The van der Waals surface area contributed by atoms with Gasteiger partial charge >= 0.3 is 41.3 Å². The fraction of sp³-hybridized carbons (Fsp3) is 0.667. The van der Waals surface area contributed by atoms with Gasteiger partial charge in [-0.25, -0.2) is 0 Å². The Morgan fingerprint density at radius 3 is 1.18 bits per heavy atom. The van der Waals surface area contributed by atoms with E-state index in [2.05, 4.69) is 9.47 Å². The van der Waals surface area contributed by atoms with Crippen molar-refractivity contribution in [3.8, 4) is 0 Å². The Bertz CT molecular complexity index is 345. The summed E-state index contributed by atoms with van der Waals surface area (Å²) in [5, 5.41) is 0. The molecule has 0 heterocycles. The summed E-state index contributed by atoms with van der Waals surface area (Å²) >= 11 is -3.58. The van der Waals surface area contributed by atoms with Crippen LogP contribution in [0.5, 0.6) is 0 Å². The third-order valence-corrected chi connectivity index (χ3v) is 1.40. The van der Waals surface area contributed by atoms with Crippen LogP contribution >= 0.6 is 0 Å². The quantitative estimate of drug-likeness (QED) is 0.375. The molecule has 9 nitrogen and oxygen atoms in total. The summed E-state index contributed by atoms with van der Waals surface area (Å²) in [7, 11) is 0. The number of rotatable bonds is 6. The first-order valence-corrected chi connectivity index (χ1v) is 8.32. The van der Waals surface area contributed by atoms with Crippen molar-refractivity contribution < 1.29 is 58.0 Å². The maximum atomic E-state index is 10.4. The van der Waals surface area contributed by atoms with Crippen molar-refractivity contribution in [3.05, 3.63) is 0 Å². The van der Waals surface area contributed by atoms with Gasteiger partial charge in [0, 0.05) is 0 Å². The molecule has 0 saturated heterocycles. The van der Waals surface area contributed by atoms with E-state index < -0.39 is 30.6 Å². The number of esters is 2. The van der Waals surface area contributed by atoms with Gasteiger partial charge < -0.3 is 9.47 Å². The van der Waals surface area contributed by atoms with E-state index in [1.54, 1.807) is 13.8 Å². The number of Topliss-reactive ketones (excluding diaryl/α,β-unsaturated/α-hetero) is 2. The average molecular weight is 358 g/mol. The Labute approximate surface area is 135 Å². The average Bonchev–Trinajstić information content (AvgIpc) is 2.26. The van der Waals surface area contributed by atoms with Gasteiger partial charge in [-0.3, -0.25) is 19.2 Å². The van der Waals surface area contributed by atoms with E-state index in [1.807, 2.05) is 0 Å². The minimum atomic E-state index is -3.58. The summed E-state index contributed by atoms with van der Waals surface area (Å²) in [6.45, 7) is 6.81. The number of carbonyl (C=O) groups is 4. The molecule has 0 bridgehead atoms. The van der Waals surface area contributed by atoms with E-state index in [9.17, 15) is 19.2 Å². The van der Waals surface area contributed by atoms with Crippen LogP contribution in [0.15, 0.2) is 0 Å². The molecule has 128 valence electrons. The van der Waals surface area contributed by atoms with Gasteiger partial charge in [-0.15, -0.1) is 0 Å². The SMILES string of the molecule is CCOC(=O)CC(C)=O.CCOC(=O)CC(C)=O.[O]=[Ti]([OH])[OH]. The van der Waals surface area contributed by atoms with Gasteiger partial charge in [0.1, 0.15) is 24.4 Å². The molecule has 0 aromatic rings. The summed E-state index contributed by atoms with van der Waals surface area (Å²) in [6, 6.07) is 0. The molecule has 0 amide bonds.